The summed E-state index contributed by atoms with van der Waals surface area (Å²) in [5.74, 6) is 0.795. The summed E-state index contributed by atoms with van der Waals surface area (Å²) in [6.45, 7) is 12.1. The van der Waals surface area contributed by atoms with E-state index in [1.54, 1.807) is 5.57 Å². The maximum Gasteiger partial charge on any atom is 0.0466 e. The molecular weight excluding hydrogens is 378 g/mol. The molecule has 1 atom stereocenters. The fraction of sp³-hybridized carbons (Fsp3) is 0.931. The van der Waals surface area contributed by atoms with Crippen LogP contribution in [0.25, 0.3) is 0 Å². The Hall–Kier alpha value is -0.340. The van der Waals surface area contributed by atoms with E-state index < -0.39 is 0 Å². The maximum absolute atomic E-state index is 5.79. The first-order valence-corrected chi connectivity index (χ1v) is 14.2. The third-order valence-electron chi connectivity index (χ3n) is 6.64. The summed E-state index contributed by atoms with van der Waals surface area (Å²) in [5, 5.41) is 3.21. The van der Waals surface area contributed by atoms with Gasteiger partial charge in [-0.2, -0.15) is 0 Å². The van der Waals surface area contributed by atoms with Crippen LogP contribution >= 0.6 is 0 Å². The molecule has 0 saturated heterocycles. The molecule has 0 aliphatic carbocycles. The Bertz CT molecular complexity index is 355. The molecule has 1 unspecified atom stereocenters. The van der Waals surface area contributed by atoms with Crippen molar-refractivity contribution in [3.05, 3.63) is 12.2 Å². The second-order valence-corrected chi connectivity index (χ2v) is 9.70. The standard InChI is InChI=1S/C29H59NO/c1-5-7-9-17-23-29(28(3)22-8-6-2)24-18-13-11-10-12-15-20-26-31-27-21-16-14-19-25-30-4/h29-30H,3,5-27H2,1-2,4H3. The van der Waals surface area contributed by atoms with E-state index in [-0.39, 0.29) is 0 Å². The molecule has 186 valence electrons. The highest BCUT2D eigenvalue weighted by Crippen LogP contribution is 2.27. The van der Waals surface area contributed by atoms with Gasteiger partial charge in [0, 0.05) is 13.2 Å². The summed E-state index contributed by atoms with van der Waals surface area (Å²) >= 11 is 0. The minimum Gasteiger partial charge on any atom is -0.381 e. The molecule has 0 aromatic rings. The highest BCUT2D eigenvalue weighted by molar-refractivity contribution is 5.00. The zero-order chi connectivity index (χ0) is 22.8. The van der Waals surface area contributed by atoms with Crippen molar-refractivity contribution in [3.8, 4) is 0 Å². The van der Waals surface area contributed by atoms with E-state index in [0.717, 1.165) is 25.7 Å². The van der Waals surface area contributed by atoms with Crippen LogP contribution in [0.1, 0.15) is 142 Å². The zero-order valence-electron chi connectivity index (χ0n) is 22.0. The summed E-state index contributed by atoms with van der Waals surface area (Å²) in [5.41, 5.74) is 1.55. The van der Waals surface area contributed by atoms with E-state index in [1.807, 2.05) is 7.05 Å². The summed E-state index contributed by atoms with van der Waals surface area (Å²) in [4.78, 5) is 0. The van der Waals surface area contributed by atoms with Gasteiger partial charge in [-0.15, -0.1) is 0 Å². The van der Waals surface area contributed by atoms with Gasteiger partial charge in [-0.3, -0.25) is 0 Å². The molecule has 0 saturated carbocycles. The van der Waals surface area contributed by atoms with Crippen molar-refractivity contribution in [2.75, 3.05) is 26.8 Å². The molecular formula is C29H59NO. The molecule has 0 aromatic carbocycles. The smallest absolute Gasteiger partial charge is 0.0466 e. The number of rotatable bonds is 26. The normalized spacial score (nSPS) is 12.4. The van der Waals surface area contributed by atoms with Crippen LogP contribution in [0.5, 0.6) is 0 Å². The molecule has 2 nitrogen and oxygen atoms in total. The number of unbranched alkanes of at least 4 members (excludes halogenated alkanes) is 13. The summed E-state index contributed by atoms with van der Waals surface area (Å²) < 4.78 is 5.79. The predicted molar refractivity (Wildman–Crippen MR) is 141 cm³/mol. The first-order chi connectivity index (χ1) is 15.3. The number of hydrogen-bond donors (Lipinski definition) is 1. The minimum absolute atomic E-state index is 0.795. The molecule has 0 amide bonds. The van der Waals surface area contributed by atoms with Gasteiger partial charge in [0.25, 0.3) is 0 Å². The third-order valence-corrected chi connectivity index (χ3v) is 6.64. The first kappa shape index (κ1) is 30.7. The average molecular weight is 438 g/mol. The molecule has 0 heterocycles. The number of nitrogens with one attached hydrogen (secondary N) is 1. The van der Waals surface area contributed by atoms with E-state index in [1.165, 1.54) is 128 Å². The fourth-order valence-electron chi connectivity index (χ4n) is 4.42. The Labute approximate surface area is 197 Å². The second-order valence-electron chi connectivity index (χ2n) is 9.70. The first-order valence-electron chi connectivity index (χ1n) is 14.2. The van der Waals surface area contributed by atoms with Crippen molar-refractivity contribution in [2.45, 2.75) is 142 Å². The van der Waals surface area contributed by atoms with Gasteiger partial charge in [-0.25, -0.2) is 0 Å². The van der Waals surface area contributed by atoms with E-state index in [4.69, 9.17) is 4.74 Å². The Balaban J connectivity index is 3.55. The monoisotopic (exact) mass is 437 g/mol. The SMILES string of the molecule is C=C(CCCC)C(CCCCCC)CCCCCCCCCOCCCCCCNC. The van der Waals surface area contributed by atoms with Crippen LogP contribution in [0.3, 0.4) is 0 Å². The minimum atomic E-state index is 0.795. The fourth-order valence-corrected chi connectivity index (χ4v) is 4.42. The molecule has 0 rings (SSSR count). The van der Waals surface area contributed by atoms with Crippen molar-refractivity contribution in [1.29, 1.82) is 0 Å². The van der Waals surface area contributed by atoms with Crippen LogP contribution in [0.15, 0.2) is 12.2 Å². The van der Waals surface area contributed by atoms with Crippen LogP contribution in [0, 0.1) is 5.92 Å². The molecule has 0 spiro atoms. The highest BCUT2D eigenvalue weighted by atomic mass is 16.5. The molecule has 0 fully saturated rings. The Kier molecular flexibility index (Phi) is 25.6. The third kappa shape index (κ3) is 22.6. The van der Waals surface area contributed by atoms with Crippen LogP contribution < -0.4 is 5.32 Å². The molecule has 1 N–H and O–H groups in total. The lowest BCUT2D eigenvalue weighted by Crippen LogP contribution is -2.07. The quantitative estimate of drug-likeness (QED) is 0.107. The molecule has 0 aliphatic heterocycles. The zero-order valence-corrected chi connectivity index (χ0v) is 22.0. The molecule has 0 aliphatic rings. The predicted octanol–water partition coefficient (Wildman–Crippen LogP) is 9.24. The van der Waals surface area contributed by atoms with Crippen molar-refractivity contribution < 1.29 is 4.74 Å². The Morgan fingerprint density at radius 1 is 0.645 bits per heavy atom. The second kappa shape index (κ2) is 25.9. The van der Waals surface area contributed by atoms with E-state index >= 15 is 0 Å². The largest absolute Gasteiger partial charge is 0.381 e. The molecule has 0 aromatic heterocycles. The van der Waals surface area contributed by atoms with Crippen molar-refractivity contribution >= 4 is 0 Å². The van der Waals surface area contributed by atoms with E-state index in [0.29, 0.717) is 0 Å². The highest BCUT2D eigenvalue weighted by Gasteiger charge is 2.12. The Morgan fingerprint density at radius 3 is 1.68 bits per heavy atom. The number of ether oxygens (including phenoxy) is 1. The van der Waals surface area contributed by atoms with Crippen LogP contribution in [0.4, 0.5) is 0 Å². The van der Waals surface area contributed by atoms with Gasteiger partial charge in [-0.1, -0.05) is 109 Å². The van der Waals surface area contributed by atoms with Gasteiger partial charge in [0.05, 0.1) is 0 Å². The number of allylic oxidation sites excluding steroid dienone is 1. The van der Waals surface area contributed by atoms with Crippen LogP contribution in [0.2, 0.25) is 0 Å². The van der Waals surface area contributed by atoms with Gasteiger partial charge in [0.15, 0.2) is 0 Å². The van der Waals surface area contributed by atoms with Crippen LogP contribution in [-0.2, 0) is 4.74 Å². The molecule has 31 heavy (non-hydrogen) atoms. The topological polar surface area (TPSA) is 21.3 Å². The van der Waals surface area contributed by atoms with Gasteiger partial charge in [0.1, 0.15) is 0 Å². The summed E-state index contributed by atoms with van der Waals surface area (Å²) in [6.07, 6.45) is 27.0. The lowest BCUT2D eigenvalue weighted by atomic mass is 9.86. The van der Waals surface area contributed by atoms with Gasteiger partial charge < -0.3 is 10.1 Å². The van der Waals surface area contributed by atoms with Crippen molar-refractivity contribution in [3.63, 3.8) is 0 Å². The van der Waals surface area contributed by atoms with Crippen molar-refractivity contribution in [2.24, 2.45) is 5.92 Å². The van der Waals surface area contributed by atoms with E-state index in [2.05, 4.69) is 25.7 Å². The number of hydrogen-bond acceptors (Lipinski definition) is 2. The van der Waals surface area contributed by atoms with Crippen LogP contribution in [-0.4, -0.2) is 26.8 Å². The van der Waals surface area contributed by atoms with Gasteiger partial charge in [-0.05, 0) is 64.5 Å². The van der Waals surface area contributed by atoms with E-state index in [9.17, 15) is 0 Å². The lowest BCUT2D eigenvalue weighted by molar-refractivity contribution is 0.125. The molecule has 0 radical (unpaired) electrons. The van der Waals surface area contributed by atoms with Crippen molar-refractivity contribution in [1.82, 2.24) is 5.32 Å². The maximum atomic E-state index is 5.79. The average Bonchev–Trinajstić information content (AvgIpc) is 2.78. The summed E-state index contributed by atoms with van der Waals surface area (Å²) in [7, 11) is 2.03. The Morgan fingerprint density at radius 2 is 1.13 bits per heavy atom. The summed E-state index contributed by atoms with van der Waals surface area (Å²) in [6, 6.07) is 0. The lowest BCUT2D eigenvalue weighted by Gasteiger charge is -2.20. The molecule has 0 bridgehead atoms. The van der Waals surface area contributed by atoms with Gasteiger partial charge in [0.2, 0.25) is 0 Å². The van der Waals surface area contributed by atoms with Gasteiger partial charge >= 0.3 is 0 Å². The molecule has 2 heteroatoms.